The van der Waals surface area contributed by atoms with Crippen LogP contribution in [0.4, 0.5) is 5.95 Å². The van der Waals surface area contributed by atoms with Crippen LogP contribution >= 0.6 is 0 Å². The molecule has 1 amide bonds. The first kappa shape index (κ1) is 15.3. The molecule has 0 bridgehead atoms. The lowest BCUT2D eigenvalue weighted by molar-refractivity contribution is 0.0938. The topological polar surface area (TPSA) is 136 Å². The van der Waals surface area contributed by atoms with E-state index < -0.39 is 0 Å². The lowest BCUT2D eigenvalue weighted by Crippen LogP contribution is -2.27. The van der Waals surface area contributed by atoms with Crippen molar-refractivity contribution in [2.75, 3.05) is 5.73 Å². The Morgan fingerprint density at radius 3 is 2.72 bits per heavy atom. The number of carbonyl (C=O) groups is 1. The van der Waals surface area contributed by atoms with Gasteiger partial charge >= 0.3 is 0 Å². The number of benzene rings is 1. The number of rotatable bonds is 5. The van der Waals surface area contributed by atoms with Gasteiger partial charge in [0.05, 0.1) is 6.04 Å². The lowest BCUT2D eigenvalue weighted by atomic mass is 10.1. The molecule has 9 heteroatoms. The Kier molecular flexibility index (Phi) is 3.68. The molecule has 2 heterocycles. The first-order valence-electron chi connectivity index (χ1n) is 8.03. The van der Waals surface area contributed by atoms with E-state index in [2.05, 4.69) is 30.6 Å². The van der Waals surface area contributed by atoms with Crippen molar-refractivity contribution in [1.82, 2.24) is 30.6 Å². The molecule has 2 aromatic heterocycles. The van der Waals surface area contributed by atoms with Crippen molar-refractivity contribution >= 4 is 11.9 Å². The van der Waals surface area contributed by atoms with Crippen LogP contribution in [-0.2, 0) is 0 Å². The second kappa shape index (κ2) is 6.00. The molecule has 9 nitrogen and oxygen atoms in total. The van der Waals surface area contributed by atoms with Crippen LogP contribution in [0.25, 0.3) is 11.4 Å². The first-order valence-corrected chi connectivity index (χ1v) is 8.03. The van der Waals surface area contributed by atoms with E-state index in [9.17, 15) is 4.79 Å². The van der Waals surface area contributed by atoms with E-state index in [1.165, 1.54) is 0 Å². The van der Waals surface area contributed by atoms with Crippen molar-refractivity contribution in [1.29, 1.82) is 0 Å². The standard InChI is InChI=1S/C16H17N7O2/c1-8(12-20-16(17)22-21-12)18-14(24)10-4-2-9(3-5-10)13-19-15(25-23-13)11-6-7-11/h2-5,8,11H,6-7H2,1H3,(H,18,24)(H3,17,20,21,22)/t8-/m1/s1. The third-order valence-electron chi connectivity index (χ3n) is 4.05. The average molecular weight is 339 g/mol. The molecular formula is C16H17N7O2. The van der Waals surface area contributed by atoms with Gasteiger partial charge in [-0.3, -0.25) is 9.89 Å². The number of hydrogen-bond acceptors (Lipinski definition) is 7. The highest BCUT2D eigenvalue weighted by Crippen LogP contribution is 2.39. The van der Waals surface area contributed by atoms with Gasteiger partial charge in [0.25, 0.3) is 5.91 Å². The van der Waals surface area contributed by atoms with Crippen LogP contribution in [0.5, 0.6) is 0 Å². The fourth-order valence-corrected chi connectivity index (χ4v) is 2.45. The molecule has 128 valence electrons. The number of amides is 1. The molecule has 0 unspecified atom stereocenters. The number of nitrogen functional groups attached to an aromatic ring is 1. The van der Waals surface area contributed by atoms with Gasteiger partial charge in [-0.2, -0.15) is 9.97 Å². The number of nitrogens with zero attached hydrogens (tertiary/aromatic N) is 4. The van der Waals surface area contributed by atoms with Crippen molar-refractivity contribution in [2.24, 2.45) is 0 Å². The smallest absolute Gasteiger partial charge is 0.251 e. The highest BCUT2D eigenvalue weighted by Gasteiger charge is 2.29. The summed E-state index contributed by atoms with van der Waals surface area (Å²) in [5.74, 6) is 2.07. The predicted octanol–water partition coefficient (Wildman–Crippen LogP) is 1.81. The fraction of sp³-hybridized carbons (Fsp3) is 0.312. The van der Waals surface area contributed by atoms with Gasteiger partial charge in [0.2, 0.25) is 17.7 Å². The molecule has 4 rings (SSSR count). The lowest BCUT2D eigenvalue weighted by Gasteiger charge is -2.11. The van der Waals surface area contributed by atoms with Crippen molar-refractivity contribution in [3.05, 3.63) is 41.5 Å². The molecule has 1 aliphatic rings. The van der Waals surface area contributed by atoms with Crippen molar-refractivity contribution < 1.29 is 9.32 Å². The summed E-state index contributed by atoms with van der Waals surface area (Å²) >= 11 is 0. The average Bonchev–Trinajstić information content (AvgIpc) is 3.18. The maximum Gasteiger partial charge on any atom is 0.251 e. The third kappa shape index (κ3) is 3.21. The van der Waals surface area contributed by atoms with Crippen LogP contribution in [0.1, 0.15) is 53.8 Å². The highest BCUT2D eigenvalue weighted by molar-refractivity contribution is 5.94. The fourth-order valence-electron chi connectivity index (χ4n) is 2.45. The summed E-state index contributed by atoms with van der Waals surface area (Å²) in [4.78, 5) is 20.7. The van der Waals surface area contributed by atoms with Crippen LogP contribution < -0.4 is 11.1 Å². The maximum atomic E-state index is 12.3. The molecule has 0 spiro atoms. The number of aromatic amines is 1. The van der Waals surface area contributed by atoms with E-state index in [0.717, 1.165) is 18.4 Å². The summed E-state index contributed by atoms with van der Waals surface area (Å²) in [7, 11) is 0. The number of anilines is 1. The monoisotopic (exact) mass is 339 g/mol. The minimum atomic E-state index is -0.338. The van der Waals surface area contributed by atoms with Crippen LogP contribution in [-0.4, -0.2) is 31.2 Å². The number of H-pyrrole nitrogens is 1. The van der Waals surface area contributed by atoms with Gasteiger partial charge in [-0.15, -0.1) is 5.10 Å². The van der Waals surface area contributed by atoms with Crippen LogP contribution in [0, 0.1) is 0 Å². The van der Waals surface area contributed by atoms with E-state index in [0.29, 0.717) is 29.0 Å². The summed E-state index contributed by atoms with van der Waals surface area (Å²) < 4.78 is 5.26. The molecule has 0 radical (unpaired) electrons. The zero-order chi connectivity index (χ0) is 17.4. The molecule has 25 heavy (non-hydrogen) atoms. The number of nitrogens with one attached hydrogen (secondary N) is 2. The van der Waals surface area contributed by atoms with Crippen molar-refractivity contribution in [3.63, 3.8) is 0 Å². The summed E-state index contributed by atoms with van der Waals surface area (Å²) in [5, 5.41) is 13.3. The Bertz CT molecular complexity index is 895. The molecular weight excluding hydrogens is 322 g/mol. The summed E-state index contributed by atoms with van der Waals surface area (Å²) in [5.41, 5.74) is 6.80. The zero-order valence-corrected chi connectivity index (χ0v) is 13.6. The van der Waals surface area contributed by atoms with Gasteiger partial charge in [0.1, 0.15) is 5.82 Å². The minimum Gasteiger partial charge on any atom is -0.367 e. The molecule has 1 aromatic carbocycles. The van der Waals surface area contributed by atoms with Gasteiger partial charge in [0, 0.05) is 17.0 Å². The molecule has 1 atom stereocenters. The molecule has 0 aliphatic heterocycles. The van der Waals surface area contributed by atoms with Gasteiger partial charge in [-0.05, 0) is 31.9 Å². The third-order valence-corrected chi connectivity index (χ3v) is 4.05. The predicted molar refractivity (Wildman–Crippen MR) is 88.4 cm³/mol. The highest BCUT2D eigenvalue weighted by atomic mass is 16.5. The number of hydrogen-bond donors (Lipinski definition) is 3. The van der Waals surface area contributed by atoms with Gasteiger partial charge in [-0.25, -0.2) is 0 Å². The van der Waals surface area contributed by atoms with E-state index in [1.807, 2.05) is 0 Å². The Morgan fingerprint density at radius 2 is 2.08 bits per heavy atom. The van der Waals surface area contributed by atoms with E-state index in [1.54, 1.807) is 31.2 Å². The van der Waals surface area contributed by atoms with Crippen molar-refractivity contribution in [3.8, 4) is 11.4 Å². The van der Waals surface area contributed by atoms with Gasteiger partial charge in [-0.1, -0.05) is 17.3 Å². The zero-order valence-electron chi connectivity index (χ0n) is 13.6. The van der Waals surface area contributed by atoms with Gasteiger partial charge in [0.15, 0.2) is 0 Å². The number of carbonyl (C=O) groups excluding carboxylic acids is 1. The maximum absolute atomic E-state index is 12.3. The van der Waals surface area contributed by atoms with Crippen LogP contribution in [0.3, 0.4) is 0 Å². The van der Waals surface area contributed by atoms with Crippen LogP contribution in [0.2, 0.25) is 0 Å². The van der Waals surface area contributed by atoms with Crippen molar-refractivity contribution in [2.45, 2.75) is 31.7 Å². The number of aromatic nitrogens is 5. The quantitative estimate of drug-likeness (QED) is 0.645. The summed E-state index contributed by atoms with van der Waals surface area (Å²) in [6, 6.07) is 6.70. The molecule has 4 N–H and O–H groups in total. The molecule has 0 saturated heterocycles. The Hall–Kier alpha value is -3.23. The second-order valence-electron chi connectivity index (χ2n) is 6.08. The minimum absolute atomic E-state index is 0.145. The SMILES string of the molecule is C[C@@H](NC(=O)c1ccc(-c2noc(C3CC3)n2)cc1)c1nc(N)n[nH]1. The Balaban J connectivity index is 1.44. The first-order chi connectivity index (χ1) is 12.1. The van der Waals surface area contributed by atoms with Crippen LogP contribution in [0.15, 0.2) is 28.8 Å². The molecule has 1 aliphatic carbocycles. The van der Waals surface area contributed by atoms with Gasteiger partial charge < -0.3 is 15.6 Å². The largest absolute Gasteiger partial charge is 0.367 e. The molecule has 3 aromatic rings. The Morgan fingerprint density at radius 1 is 1.32 bits per heavy atom. The normalized spacial score (nSPS) is 15.1. The van der Waals surface area contributed by atoms with E-state index in [4.69, 9.17) is 10.3 Å². The molecule has 1 fully saturated rings. The van der Waals surface area contributed by atoms with E-state index >= 15 is 0 Å². The van der Waals surface area contributed by atoms with E-state index in [-0.39, 0.29) is 17.9 Å². The summed E-state index contributed by atoms with van der Waals surface area (Å²) in [6.45, 7) is 1.80. The molecule has 1 saturated carbocycles. The number of nitrogens with two attached hydrogens (primary N) is 1. The second-order valence-corrected chi connectivity index (χ2v) is 6.08. The Labute approximate surface area is 143 Å². The summed E-state index contributed by atoms with van der Waals surface area (Å²) in [6.07, 6.45) is 2.21.